The maximum Gasteiger partial charge on any atom is 0.239 e. The van der Waals surface area contributed by atoms with Crippen molar-refractivity contribution in [2.24, 2.45) is 17.6 Å². The Kier molecular flexibility index (Phi) is 5.85. The average molecular weight is 330 g/mol. The van der Waals surface area contributed by atoms with Gasteiger partial charge < -0.3 is 15.5 Å². The summed E-state index contributed by atoms with van der Waals surface area (Å²) >= 11 is 0. The van der Waals surface area contributed by atoms with E-state index in [1.807, 2.05) is 23.1 Å². The first-order valence-electron chi connectivity index (χ1n) is 9.26. The van der Waals surface area contributed by atoms with Gasteiger partial charge in [0.05, 0.1) is 6.04 Å². The third-order valence-corrected chi connectivity index (χ3v) is 5.75. The lowest BCUT2D eigenvalue weighted by molar-refractivity contribution is -0.134. The van der Waals surface area contributed by atoms with Gasteiger partial charge in [0, 0.05) is 31.4 Å². The molecule has 0 aliphatic carbocycles. The summed E-state index contributed by atoms with van der Waals surface area (Å²) in [6.45, 7) is 4.18. The Bertz CT molecular complexity index is 519. The van der Waals surface area contributed by atoms with Crippen LogP contribution in [0.15, 0.2) is 24.4 Å². The van der Waals surface area contributed by atoms with Gasteiger partial charge in [0.15, 0.2) is 0 Å². The molecule has 2 saturated heterocycles. The molecule has 2 aliphatic heterocycles. The number of carbonyl (C=O) groups excluding carboxylic acids is 1. The monoisotopic (exact) mass is 330 g/mol. The van der Waals surface area contributed by atoms with Crippen LogP contribution in [0.2, 0.25) is 0 Å². The molecular weight excluding hydrogens is 300 g/mol. The number of hydrogen-bond donors (Lipinski definition) is 1. The van der Waals surface area contributed by atoms with Gasteiger partial charge in [-0.3, -0.25) is 9.78 Å². The van der Waals surface area contributed by atoms with Crippen molar-refractivity contribution >= 4 is 5.91 Å². The van der Waals surface area contributed by atoms with E-state index in [-0.39, 0.29) is 5.91 Å². The molecule has 0 unspecified atom stereocenters. The van der Waals surface area contributed by atoms with Crippen LogP contribution < -0.4 is 5.73 Å². The summed E-state index contributed by atoms with van der Waals surface area (Å²) in [5.41, 5.74) is 7.02. The molecule has 2 aliphatic rings. The molecule has 0 bridgehead atoms. The first-order chi connectivity index (χ1) is 11.6. The average Bonchev–Trinajstić information content (AvgIpc) is 2.63. The molecule has 5 nitrogen and oxygen atoms in total. The van der Waals surface area contributed by atoms with Crippen LogP contribution >= 0.6 is 0 Å². The summed E-state index contributed by atoms with van der Waals surface area (Å²) in [6, 6.07) is 5.27. The van der Waals surface area contributed by atoms with E-state index in [0.29, 0.717) is 6.42 Å². The molecule has 24 heavy (non-hydrogen) atoms. The van der Waals surface area contributed by atoms with Crippen molar-refractivity contribution in [2.75, 3.05) is 33.2 Å². The number of amides is 1. The fourth-order valence-electron chi connectivity index (χ4n) is 4.16. The van der Waals surface area contributed by atoms with Gasteiger partial charge in [-0.2, -0.15) is 0 Å². The van der Waals surface area contributed by atoms with E-state index < -0.39 is 6.04 Å². The molecule has 5 heteroatoms. The lowest BCUT2D eigenvalue weighted by Gasteiger charge is -2.40. The second-order valence-corrected chi connectivity index (χ2v) is 7.44. The van der Waals surface area contributed by atoms with Crippen LogP contribution in [0.4, 0.5) is 0 Å². The van der Waals surface area contributed by atoms with Gasteiger partial charge in [-0.15, -0.1) is 0 Å². The number of rotatable bonds is 4. The number of aromatic nitrogens is 1. The first-order valence-corrected chi connectivity index (χ1v) is 9.26. The van der Waals surface area contributed by atoms with Gasteiger partial charge >= 0.3 is 0 Å². The molecule has 2 N–H and O–H groups in total. The third-order valence-electron chi connectivity index (χ3n) is 5.75. The van der Waals surface area contributed by atoms with E-state index >= 15 is 0 Å². The van der Waals surface area contributed by atoms with Crippen LogP contribution in [-0.4, -0.2) is 60.0 Å². The number of likely N-dealkylation sites (tertiary alicyclic amines) is 2. The highest BCUT2D eigenvalue weighted by Crippen LogP contribution is 2.32. The normalized spacial score (nSPS) is 22.5. The Labute approximate surface area is 145 Å². The van der Waals surface area contributed by atoms with E-state index in [4.69, 9.17) is 5.73 Å². The van der Waals surface area contributed by atoms with Crippen LogP contribution in [0, 0.1) is 11.8 Å². The van der Waals surface area contributed by atoms with Crippen molar-refractivity contribution in [2.45, 2.75) is 38.1 Å². The Hall–Kier alpha value is -1.46. The van der Waals surface area contributed by atoms with Crippen molar-refractivity contribution in [1.82, 2.24) is 14.8 Å². The van der Waals surface area contributed by atoms with Crippen molar-refractivity contribution in [3.05, 3.63) is 30.1 Å². The molecule has 1 atom stereocenters. The van der Waals surface area contributed by atoms with Crippen LogP contribution in [-0.2, 0) is 11.2 Å². The van der Waals surface area contributed by atoms with Gasteiger partial charge in [0.1, 0.15) is 0 Å². The van der Waals surface area contributed by atoms with Gasteiger partial charge in [-0.25, -0.2) is 0 Å². The quantitative estimate of drug-likeness (QED) is 0.909. The summed E-state index contributed by atoms with van der Waals surface area (Å²) in [5, 5.41) is 0. The topological polar surface area (TPSA) is 62.5 Å². The van der Waals surface area contributed by atoms with Crippen molar-refractivity contribution in [3.63, 3.8) is 0 Å². The number of carbonyl (C=O) groups is 1. The Balaban J connectivity index is 1.46. The van der Waals surface area contributed by atoms with Gasteiger partial charge in [-0.05, 0) is 69.8 Å². The van der Waals surface area contributed by atoms with Crippen molar-refractivity contribution < 1.29 is 4.79 Å². The molecule has 3 rings (SSSR count). The molecule has 1 amide bonds. The van der Waals surface area contributed by atoms with Gasteiger partial charge in [-0.1, -0.05) is 6.07 Å². The van der Waals surface area contributed by atoms with Crippen LogP contribution in [0.5, 0.6) is 0 Å². The van der Waals surface area contributed by atoms with Crippen molar-refractivity contribution in [1.29, 1.82) is 0 Å². The zero-order valence-electron chi connectivity index (χ0n) is 14.7. The zero-order valence-corrected chi connectivity index (χ0v) is 14.7. The SMILES string of the molecule is CN1CCC(C2CCN(C(=O)[C@H](N)Cc3ccccn3)CC2)CC1. The molecule has 2 fully saturated rings. The largest absolute Gasteiger partial charge is 0.341 e. The zero-order chi connectivity index (χ0) is 16.9. The maximum atomic E-state index is 12.6. The molecular formula is C19H30N4O. The smallest absolute Gasteiger partial charge is 0.239 e. The highest BCUT2D eigenvalue weighted by molar-refractivity contribution is 5.82. The number of piperidine rings is 2. The highest BCUT2D eigenvalue weighted by Gasteiger charge is 2.31. The second kappa shape index (κ2) is 8.08. The van der Waals surface area contributed by atoms with Crippen molar-refractivity contribution in [3.8, 4) is 0 Å². The minimum atomic E-state index is -0.472. The third kappa shape index (κ3) is 4.33. The minimum absolute atomic E-state index is 0.0856. The van der Waals surface area contributed by atoms with Crippen LogP contribution in [0.3, 0.4) is 0 Å². The lowest BCUT2D eigenvalue weighted by atomic mass is 9.79. The molecule has 132 valence electrons. The lowest BCUT2D eigenvalue weighted by Crippen LogP contribution is -2.49. The molecule has 0 radical (unpaired) electrons. The molecule has 1 aromatic heterocycles. The van der Waals surface area contributed by atoms with Gasteiger partial charge in [0.25, 0.3) is 0 Å². The predicted octanol–water partition coefficient (Wildman–Crippen LogP) is 1.53. The van der Waals surface area contributed by atoms with Gasteiger partial charge in [0.2, 0.25) is 5.91 Å². The van der Waals surface area contributed by atoms with E-state index in [1.54, 1.807) is 6.20 Å². The van der Waals surface area contributed by atoms with E-state index in [1.165, 1.54) is 25.9 Å². The van der Waals surface area contributed by atoms with Crippen LogP contribution in [0.25, 0.3) is 0 Å². The van der Waals surface area contributed by atoms with E-state index in [2.05, 4.69) is 16.9 Å². The summed E-state index contributed by atoms with van der Waals surface area (Å²) in [7, 11) is 2.21. The highest BCUT2D eigenvalue weighted by atomic mass is 16.2. The van der Waals surface area contributed by atoms with E-state index in [0.717, 1.165) is 43.5 Å². The number of nitrogens with two attached hydrogens (primary N) is 1. The second-order valence-electron chi connectivity index (χ2n) is 7.44. The Morgan fingerprint density at radius 3 is 2.38 bits per heavy atom. The summed E-state index contributed by atoms with van der Waals surface area (Å²) in [4.78, 5) is 21.3. The molecule has 0 aromatic carbocycles. The molecule has 0 saturated carbocycles. The minimum Gasteiger partial charge on any atom is -0.341 e. The van der Waals surface area contributed by atoms with E-state index in [9.17, 15) is 4.79 Å². The predicted molar refractivity (Wildman–Crippen MR) is 95.4 cm³/mol. The maximum absolute atomic E-state index is 12.6. The fourth-order valence-corrected chi connectivity index (χ4v) is 4.16. The number of pyridine rings is 1. The van der Waals surface area contributed by atoms with Crippen LogP contribution in [0.1, 0.15) is 31.4 Å². The number of nitrogens with zero attached hydrogens (tertiary/aromatic N) is 3. The summed E-state index contributed by atoms with van der Waals surface area (Å²) in [5.74, 6) is 1.72. The summed E-state index contributed by atoms with van der Waals surface area (Å²) < 4.78 is 0. The fraction of sp³-hybridized carbons (Fsp3) is 0.684. The standard InChI is InChI=1S/C19H30N4O/c1-22-10-5-15(6-11-22)16-7-12-23(13-8-16)19(24)18(20)14-17-4-2-3-9-21-17/h2-4,9,15-16,18H,5-8,10-14,20H2,1H3/t18-/m1/s1. The Morgan fingerprint density at radius 1 is 1.17 bits per heavy atom. The summed E-state index contributed by atoms with van der Waals surface area (Å²) in [6.07, 6.45) is 7.17. The molecule has 1 aromatic rings. The Morgan fingerprint density at radius 2 is 1.79 bits per heavy atom. The molecule has 3 heterocycles. The number of hydrogen-bond acceptors (Lipinski definition) is 4. The molecule has 0 spiro atoms. The first kappa shape index (κ1) is 17.4.